The lowest BCUT2D eigenvalue weighted by atomic mass is 10.1. The van der Waals surface area contributed by atoms with Gasteiger partial charge in [-0.05, 0) is 0 Å². The van der Waals surface area contributed by atoms with E-state index in [1.807, 2.05) is 14.1 Å². The number of hydrogen-bond acceptors (Lipinski definition) is 9. The zero-order valence-corrected chi connectivity index (χ0v) is 17.3. The second kappa shape index (κ2) is 8.78. The maximum absolute atomic E-state index is 12.4. The van der Waals surface area contributed by atoms with Crippen LogP contribution in [-0.4, -0.2) is 113 Å². The summed E-state index contributed by atoms with van der Waals surface area (Å²) in [6.07, 6.45) is 0.408. The van der Waals surface area contributed by atoms with Crippen molar-refractivity contribution in [3.05, 3.63) is 16.7 Å². The van der Waals surface area contributed by atoms with Crippen LogP contribution in [0, 0.1) is 0 Å². The smallest absolute Gasteiger partial charge is 0.280 e. The van der Waals surface area contributed by atoms with Gasteiger partial charge in [-0.25, -0.2) is 9.98 Å². The highest BCUT2D eigenvalue weighted by Crippen LogP contribution is 2.33. The van der Waals surface area contributed by atoms with Crippen molar-refractivity contribution in [1.29, 1.82) is 0 Å². The molecule has 2 aliphatic heterocycles. The van der Waals surface area contributed by atoms with E-state index in [-0.39, 0.29) is 11.5 Å². The van der Waals surface area contributed by atoms with Crippen LogP contribution < -0.4 is 5.56 Å². The van der Waals surface area contributed by atoms with Gasteiger partial charge < -0.3 is 24.2 Å². The summed E-state index contributed by atoms with van der Waals surface area (Å²) in [6.45, 7) is 3.45. The van der Waals surface area contributed by atoms with Crippen LogP contribution in [0.2, 0.25) is 0 Å². The van der Waals surface area contributed by atoms with Crippen molar-refractivity contribution in [3.8, 4) is 0 Å². The molecule has 0 bridgehead atoms. The molecule has 2 aromatic heterocycles. The second-order valence-corrected chi connectivity index (χ2v) is 7.59. The second-order valence-electron chi connectivity index (χ2n) is 7.59. The number of aliphatic hydroxyl groups is 1. The highest BCUT2D eigenvalue weighted by molar-refractivity contribution is 5.71. The fourth-order valence-electron chi connectivity index (χ4n) is 3.72. The highest BCUT2D eigenvalue weighted by Gasteiger charge is 2.46. The maximum Gasteiger partial charge on any atom is 0.280 e. The number of ether oxygens (including phenoxy) is 3. The van der Waals surface area contributed by atoms with Crippen molar-refractivity contribution < 1.29 is 19.3 Å². The summed E-state index contributed by atoms with van der Waals surface area (Å²) >= 11 is 0. The molecule has 0 radical (unpaired) electrons. The van der Waals surface area contributed by atoms with Gasteiger partial charge in [-0.15, -0.1) is 0 Å². The molecule has 30 heavy (non-hydrogen) atoms. The van der Waals surface area contributed by atoms with E-state index in [4.69, 9.17) is 14.2 Å². The molecule has 12 nitrogen and oxygen atoms in total. The monoisotopic (exact) mass is 421 g/mol. The number of nitrogens with one attached hydrogen (secondary N) is 1. The van der Waals surface area contributed by atoms with Crippen molar-refractivity contribution in [3.63, 3.8) is 0 Å². The SMILES string of the molecule is COC1C(O)[C@@H](CN2CCOCC2)O[C@H]1n1cnc2c(=O)[nH]c(N=CN(C)C)nc21. The lowest BCUT2D eigenvalue weighted by Crippen LogP contribution is -2.44. The largest absolute Gasteiger partial charge is 0.387 e. The van der Waals surface area contributed by atoms with Gasteiger partial charge in [0.2, 0.25) is 5.95 Å². The first-order chi connectivity index (χ1) is 14.5. The van der Waals surface area contributed by atoms with E-state index < -0.39 is 30.1 Å². The molecular weight excluding hydrogens is 394 g/mol. The summed E-state index contributed by atoms with van der Waals surface area (Å²) in [5, 5.41) is 10.8. The first-order valence-electron chi connectivity index (χ1n) is 9.82. The zero-order valence-electron chi connectivity index (χ0n) is 17.3. The van der Waals surface area contributed by atoms with Gasteiger partial charge in [0.05, 0.1) is 25.9 Å². The third-order valence-electron chi connectivity index (χ3n) is 5.23. The summed E-state index contributed by atoms with van der Waals surface area (Å²) in [5.74, 6) is 0.153. The van der Waals surface area contributed by atoms with E-state index >= 15 is 0 Å². The average molecular weight is 421 g/mol. The summed E-state index contributed by atoms with van der Waals surface area (Å²) in [4.78, 5) is 31.7. The molecule has 4 rings (SSSR count). The Balaban J connectivity index is 1.63. The van der Waals surface area contributed by atoms with Crippen molar-refractivity contribution >= 4 is 23.5 Å². The molecule has 164 valence electrons. The number of aromatic nitrogens is 4. The average Bonchev–Trinajstić information content (AvgIpc) is 3.28. The summed E-state index contributed by atoms with van der Waals surface area (Å²) in [6, 6.07) is 0. The summed E-state index contributed by atoms with van der Waals surface area (Å²) in [5.41, 5.74) is 0.0846. The Bertz CT molecular complexity index is 952. The minimum atomic E-state index is -0.839. The van der Waals surface area contributed by atoms with Crippen LogP contribution in [0.4, 0.5) is 5.95 Å². The standard InChI is InChI=1S/C18H27N7O5/c1-23(2)9-20-18-21-15-12(16(27)22-18)19-10-25(15)17-14(28-3)13(26)11(30-17)8-24-4-6-29-7-5-24/h9-11,13-14,17,26H,4-8H2,1-3H3,(H,21,22,27)/t11-,13?,14?,17-/m1/s1. The summed E-state index contributed by atoms with van der Waals surface area (Å²) < 4.78 is 18.7. The van der Waals surface area contributed by atoms with Crippen molar-refractivity contribution in [2.24, 2.45) is 4.99 Å². The maximum atomic E-state index is 12.4. The Hall–Kier alpha value is -2.38. The van der Waals surface area contributed by atoms with Gasteiger partial charge in [0, 0.05) is 40.8 Å². The molecule has 0 aromatic carbocycles. The molecule has 0 saturated carbocycles. The normalized spacial score (nSPS) is 28.0. The van der Waals surface area contributed by atoms with Crippen LogP contribution in [-0.2, 0) is 14.2 Å². The van der Waals surface area contributed by atoms with Crippen molar-refractivity contribution in [2.45, 2.75) is 24.5 Å². The first kappa shape index (κ1) is 20.9. The van der Waals surface area contributed by atoms with Crippen LogP contribution in [0.25, 0.3) is 11.2 Å². The number of H-pyrrole nitrogens is 1. The van der Waals surface area contributed by atoms with E-state index in [2.05, 4.69) is 24.8 Å². The molecule has 4 heterocycles. The fraction of sp³-hybridized carbons (Fsp3) is 0.667. The van der Waals surface area contributed by atoms with Crippen LogP contribution in [0.5, 0.6) is 0 Å². The van der Waals surface area contributed by atoms with Crippen LogP contribution in [0.3, 0.4) is 0 Å². The number of aliphatic hydroxyl groups excluding tert-OH is 1. The van der Waals surface area contributed by atoms with Gasteiger partial charge in [-0.3, -0.25) is 19.2 Å². The molecule has 0 spiro atoms. The Morgan fingerprint density at radius 1 is 1.43 bits per heavy atom. The Labute approximate surface area is 173 Å². The first-order valence-corrected chi connectivity index (χ1v) is 9.82. The molecule has 0 amide bonds. The van der Waals surface area contributed by atoms with E-state index in [0.717, 1.165) is 13.1 Å². The molecule has 2 fully saturated rings. The lowest BCUT2D eigenvalue weighted by Gasteiger charge is -2.29. The Morgan fingerprint density at radius 2 is 2.20 bits per heavy atom. The summed E-state index contributed by atoms with van der Waals surface area (Å²) in [7, 11) is 5.15. The predicted octanol–water partition coefficient (Wildman–Crippen LogP) is -1.05. The van der Waals surface area contributed by atoms with Gasteiger partial charge in [-0.2, -0.15) is 4.98 Å². The Morgan fingerprint density at radius 3 is 2.90 bits per heavy atom. The van der Waals surface area contributed by atoms with E-state index in [9.17, 15) is 9.90 Å². The number of aromatic amines is 1. The molecule has 2 aliphatic rings. The molecule has 2 unspecified atom stereocenters. The number of hydrogen-bond donors (Lipinski definition) is 2. The number of aliphatic imine (C=N–C) groups is 1. The molecule has 2 aromatic rings. The van der Waals surface area contributed by atoms with Crippen LogP contribution >= 0.6 is 0 Å². The quantitative estimate of drug-likeness (QED) is 0.443. The fourth-order valence-corrected chi connectivity index (χ4v) is 3.72. The van der Waals surface area contributed by atoms with Crippen LogP contribution in [0.1, 0.15) is 6.23 Å². The molecular formula is C18H27N7O5. The van der Waals surface area contributed by atoms with Crippen LogP contribution in [0.15, 0.2) is 16.1 Å². The number of morpholine rings is 1. The molecule has 12 heteroatoms. The van der Waals surface area contributed by atoms with Gasteiger partial charge in [0.15, 0.2) is 17.4 Å². The molecule has 2 N–H and O–H groups in total. The molecule has 0 aliphatic carbocycles. The predicted molar refractivity (Wildman–Crippen MR) is 108 cm³/mol. The third-order valence-corrected chi connectivity index (χ3v) is 5.23. The molecule has 4 atom stereocenters. The topological polar surface area (TPSA) is 130 Å². The minimum absolute atomic E-state index is 0.153. The van der Waals surface area contributed by atoms with Crippen molar-refractivity contribution in [1.82, 2.24) is 29.3 Å². The van der Waals surface area contributed by atoms with Gasteiger partial charge in [0.25, 0.3) is 5.56 Å². The number of imidazole rings is 1. The number of rotatable bonds is 6. The lowest BCUT2D eigenvalue weighted by molar-refractivity contribution is -0.0603. The Kier molecular flexibility index (Phi) is 6.11. The van der Waals surface area contributed by atoms with E-state index in [1.54, 1.807) is 9.47 Å². The number of methoxy groups -OCH3 is 1. The highest BCUT2D eigenvalue weighted by atomic mass is 16.6. The molecule has 2 saturated heterocycles. The van der Waals surface area contributed by atoms with Gasteiger partial charge in [0.1, 0.15) is 18.3 Å². The number of fused-ring (bicyclic) bond motifs is 1. The van der Waals surface area contributed by atoms with E-state index in [0.29, 0.717) is 25.4 Å². The zero-order chi connectivity index (χ0) is 21.3. The van der Waals surface area contributed by atoms with E-state index in [1.165, 1.54) is 19.8 Å². The minimum Gasteiger partial charge on any atom is -0.387 e. The van der Waals surface area contributed by atoms with Gasteiger partial charge >= 0.3 is 0 Å². The van der Waals surface area contributed by atoms with Crippen molar-refractivity contribution in [2.75, 3.05) is 54.1 Å². The van der Waals surface area contributed by atoms with Gasteiger partial charge in [-0.1, -0.05) is 0 Å². The number of nitrogens with zero attached hydrogens (tertiary/aromatic N) is 6. The third kappa shape index (κ3) is 4.09.